The van der Waals surface area contributed by atoms with Crippen LogP contribution < -0.4 is 11.1 Å². The number of carbonyl (C=O) groups excluding carboxylic acids is 1. The van der Waals surface area contributed by atoms with Crippen LogP contribution in [-0.2, 0) is 0 Å². The van der Waals surface area contributed by atoms with Gasteiger partial charge in [0, 0.05) is 23.7 Å². The van der Waals surface area contributed by atoms with E-state index in [2.05, 4.69) is 20.2 Å². The Hall–Kier alpha value is -3.77. The highest BCUT2D eigenvalue weighted by atomic mass is 16.1. The first-order chi connectivity index (χ1) is 15.4. The number of hydrogen-bond donors (Lipinski definition) is 2. The zero-order chi connectivity index (χ0) is 22.7. The molecule has 4 rings (SSSR count). The number of nitrogens with zero attached hydrogens (tertiary/aromatic N) is 3. The van der Waals surface area contributed by atoms with Gasteiger partial charge in [0.05, 0.1) is 11.6 Å². The van der Waals surface area contributed by atoms with Crippen LogP contribution in [0.1, 0.15) is 27.5 Å². The molecule has 0 saturated carbocycles. The first-order valence-corrected chi connectivity index (χ1v) is 10.5. The highest BCUT2D eigenvalue weighted by Gasteiger charge is 2.17. The molecule has 0 unspecified atom stereocenters. The zero-order valence-corrected chi connectivity index (χ0v) is 18.5. The molecule has 0 aliphatic carbocycles. The summed E-state index contributed by atoms with van der Waals surface area (Å²) in [5.41, 5.74) is 11.3. The Morgan fingerprint density at radius 2 is 1.84 bits per heavy atom. The second-order valence-corrected chi connectivity index (χ2v) is 8.23. The number of hydrogen-bond acceptors (Lipinski definition) is 5. The van der Waals surface area contributed by atoms with Crippen molar-refractivity contribution >= 4 is 22.8 Å². The Labute approximate surface area is 188 Å². The van der Waals surface area contributed by atoms with Gasteiger partial charge in [0.1, 0.15) is 0 Å². The number of carbonyl (C=O) groups is 1. The van der Waals surface area contributed by atoms with E-state index in [-0.39, 0.29) is 17.9 Å². The molecular formula is C26H27N5O. The van der Waals surface area contributed by atoms with E-state index in [1.807, 2.05) is 87.7 Å². The molecule has 0 aliphatic rings. The molecule has 0 spiro atoms. The lowest BCUT2D eigenvalue weighted by Crippen LogP contribution is -2.35. The van der Waals surface area contributed by atoms with Crippen molar-refractivity contribution in [2.24, 2.45) is 0 Å². The highest BCUT2D eigenvalue weighted by Crippen LogP contribution is 2.28. The van der Waals surface area contributed by atoms with E-state index in [1.54, 1.807) is 6.20 Å². The van der Waals surface area contributed by atoms with Crippen LogP contribution in [0.5, 0.6) is 0 Å². The fourth-order valence-corrected chi connectivity index (χ4v) is 3.82. The highest BCUT2D eigenvalue weighted by molar-refractivity contribution is 5.96. The standard InChI is InChI=1S/C26H27N5O/c1-17-9-10-20(25(32)29-24(16-31(2)3)18-7-5-4-6-8-18)14-22(17)19-11-12-23-21(13-19)15-28-26(27)30-23/h4-15,24H,16H2,1-3H3,(H,29,32)(H2,27,28,30)/t24-/m0/s1. The zero-order valence-electron chi connectivity index (χ0n) is 18.5. The van der Waals surface area contributed by atoms with E-state index in [0.717, 1.165) is 33.2 Å². The lowest BCUT2D eigenvalue weighted by molar-refractivity contribution is 0.0930. The Kier molecular flexibility index (Phi) is 6.14. The Bertz CT molecular complexity index is 1250. The van der Waals surface area contributed by atoms with Gasteiger partial charge in [-0.3, -0.25) is 4.79 Å². The maximum Gasteiger partial charge on any atom is 0.251 e. The predicted molar refractivity (Wildman–Crippen MR) is 129 cm³/mol. The summed E-state index contributed by atoms with van der Waals surface area (Å²) in [6.07, 6.45) is 1.72. The van der Waals surface area contributed by atoms with Crippen molar-refractivity contribution in [3.05, 3.63) is 89.6 Å². The molecule has 6 nitrogen and oxygen atoms in total. The third-order valence-electron chi connectivity index (χ3n) is 5.46. The molecule has 1 amide bonds. The van der Waals surface area contributed by atoms with Crippen molar-refractivity contribution in [2.45, 2.75) is 13.0 Å². The van der Waals surface area contributed by atoms with Gasteiger partial charge in [-0.1, -0.05) is 42.5 Å². The fraction of sp³-hybridized carbons (Fsp3) is 0.192. The van der Waals surface area contributed by atoms with E-state index in [9.17, 15) is 4.79 Å². The summed E-state index contributed by atoms with van der Waals surface area (Å²) in [6.45, 7) is 2.75. The van der Waals surface area contributed by atoms with Crippen LogP contribution >= 0.6 is 0 Å². The van der Waals surface area contributed by atoms with Crippen molar-refractivity contribution in [1.29, 1.82) is 0 Å². The number of nitrogens with two attached hydrogens (primary N) is 1. The molecule has 1 atom stereocenters. The van der Waals surface area contributed by atoms with Crippen molar-refractivity contribution in [1.82, 2.24) is 20.2 Å². The molecule has 0 fully saturated rings. The lowest BCUT2D eigenvalue weighted by atomic mass is 9.96. The molecule has 3 aromatic carbocycles. The van der Waals surface area contributed by atoms with Crippen LogP contribution in [0.15, 0.2) is 72.9 Å². The van der Waals surface area contributed by atoms with Gasteiger partial charge in [-0.15, -0.1) is 0 Å². The van der Waals surface area contributed by atoms with Gasteiger partial charge in [-0.25, -0.2) is 9.97 Å². The van der Waals surface area contributed by atoms with Gasteiger partial charge in [0.2, 0.25) is 5.95 Å². The Morgan fingerprint density at radius 1 is 1.06 bits per heavy atom. The third kappa shape index (κ3) is 4.76. The number of aromatic nitrogens is 2. The smallest absolute Gasteiger partial charge is 0.251 e. The largest absolute Gasteiger partial charge is 0.368 e. The number of benzene rings is 3. The summed E-state index contributed by atoms with van der Waals surface area (Å²) in [6, 6.07) is 21.7. The van der Waals surface area contributed by atoms with Crippen molar-refractivity contribution in [2.75, 3.05) is 26.4 Å². The number of anilines is 1. The second-order valence-electron chi connectivity index (χ2n) is 8.23. The molecule has 0 aliphatic heterocycles. The van der Waals surface area contributed by atoms with Crippen LogP contribution in [0.4, 0.5) is 5.95 Å². The molecule has 0 saturated heterocycles. The minimum atomic E-state index is -0.105. The molecule has 162 valence electrons. The number of rotatable bonds is 6. The summed E-state index contributed by atoms with van der Waals surface area (Å²) in [5.74, 6) is 0.157. The molecule has 3 N–H and O–H groups in total. The third-order valence-corrected chi connectivity index (χ3v) is 5.46. The number of nitrogens with one attached hydrogen (secondary N) is 1. The minimum absolute atomic E-state index is 0.0983. The second kappa shape index (κ2) is 9.16. The summed E-state index contributed by atoms with van der Waals surface area (Å²) < 4.78 is 0. The minimum Gasteiger partial charge on any atom is -0.368 e. The topological polar surface area (TPSA) is 84.1 Å². The summed E-state index contributed by atoms with van der Waals surface area (Å²) in [5, 5.41) is 4.10. The molecule has 1 heterocycles. The lowest BCUT2D eigenvalue weighted by Gasteiger charge is -2.23. The number of aryl methyl sites for hydroxylation is 1. The van der Waals surface area contributed by atoms with E-state index >= 15 is 0 Å². The molecule has 32 heavy (non-hydrogen) atoms. The van der Waals surface area contributed by atoms with Crippen LogP contribution in [0, 0.1) is 6.92 Å². The van der Waals surface area contributed by atoms with Crippen molar-refractivity contribution in [3.8, 4) is 11.1 Å². The molecular weight excluding hydrogens is 398 g/mol. The maximum atomic E-state index is 13.2. The van der Waals surface area contributed by atoms with Gasteiger partial charge in [-0.2, -0.15) is 0 Å². The molecule has 1 aromatic heterocycles. The van der Waals surface area contributed by atoms with Crippen molar-refractivity contribution < 1.29 is 4.79 Å². The van der Waals surface area contributed by atoms with Gasteiger partial charge >= 0.3 is 0 Å². The Balaban J connectivity index is 1.64. The average molecular weight is 426 g/mol. The summed E-state index contributed by atoms with van der Waals surface area (Å²) in [4.78, 5) is 23.6. The molecule has 0 radical (unpaired) electrons. The quantitative estimate of drug-likeness (QED) is 0.483. The van der Waals surface area contributed by atoms with E-state index in [1.165, 1.54) is 0 Å². The summed E-state index contributed by atoms with van der Waals surface area (Å²) >= 11 is 0. The van der Waals surface area contributed by atoms with Crippen molar-refractivity contribution in [3.63, 3.8) is 0 Å². The van der Waals surface area contributed by atoms with Gasteiger partial charge in [0.15, 0.2) is 0 Å². The van der Waals surface area contributed by atoms with E-state index in [4.69, 9.17) is 5.73 Å². The monoisotopic (exact) mass is 425 g/mol. The van der Waals surface area contributed by atoms with Gasteiger partial charge < -0.3 is 16.0 Å². The Morgan fingerprint density at radius 3 is 2.59 bits per heavy atom. The number of fused-ring (bicyclic) bond motifs is 1. The molecule has 0 bridgehead atoms. The van der Waals surface area contributed by atoms with E-state index in [0.29, 0.717) is 12.1 Å². The van der Waals surface area contributed by atoms with Crippen LogP contribution in [0.3, 0.4) is 0 Å². The van der Waals surface area contributed by atoms with Crippen LogP contribution in [0.2, 0.25) is 0 Å². The van der Waals surface area contributed by atoms with Gasteiger partial charge in [-0.05, 0) is 67.5 Å². The van der Waals surface area contributed by atoms with Crippen LogP contribution in [-0.4, -0.2) is 41.4 Å². The maximum absolute atomic E-state index is 13.2. The SMILES string of the molecule is Cc1ccc(C(=O)N[C@@H](CN(C)C)c2ccccc2)cc1-c1ccc2nc(N)ncc2c1. The predicted octanol–water partition coefficient (Wildman–Crippen LogP) is 4.22. The molecule has 6 heteroatoms. The first-order valence-electron chi connectivity index (χ1n) is 10.5. The van der Waals surface area contributed by atoms with Crippen LogP contribution in [0.25, 0.3) is 22.0 Å². The average Bonchev–Trinajstić information content (AvgIpc) is 2.79. The van der Waals surface area contributed by atoms with E-state index < -0.39 is 0 Å². The normalized spacial score (nSPS) is 12.1. The molecule has 4 aromatic rings. The van der Waals surface area contributed by atoms with Gasteiger partial charge in [0.25, 0.3) is 5.91 Å². The first kappa shape index (κ1) is 21.5. The fourth-order valence-electron chi connectivity index (χ4n) is 3.82. The number of amides is 1. The number of likely N-dealkylation sites (N-methyl/N-ethyl adjacent to an activating group) is 1. The number of nitrogen functional groups attached to an aromatic ring is 1. The summed E-state index contributed by atoms with van der Waals surface area (Å²) in [7, 11) is 4.01.